The van der Waals surface area contributed by atoms with E-state index in [2.05, 4.69) is 20.9 Å². The summed E-state index contributed by atoms with van der Waals surface area (Å²) in [5.74, 6) is 0.164. The van der Waals surface area contributed by atoms with Crippen molar-refractivity contribution in [2.75, 3.05) is 13.2 Å². The minimum atomic E-state index is -4.62. The Kier molecular flexibility index (Phi) is 5.16. The highest BCUT2D eigenvalue weighted by atomic mass is 79.9. The number of nitrogens with one attached hydrogen (secondary N) is 1. The van der Waals surface area contributed by atoms with Crippen LogP contribution in [0.1, 0.15) is 6.92 Å². The molecule has 0 aliphatic carbocycles. The maximum absolute atomic E-state index is 12.0. The summed E-state index contributed by atoms with van der Waals surface area (Å²) < 4.78 is 65.8. The SMILES string of the molecule is CCOc1ncc(S(=O)(=O)NCC(F)(F)F)cc1Br. The van der Waals surface area contributed by atoms with Gasteiger partial charge in [0.25, 0.3) is 0 Å². The van der Waals surface area contributed by atoms with Gasteiger partial charge in [0.05, 0.1) is 17.3 Å². The first-order valence-corrected chi connectivity index (χ1v) is 7.28. The fourth-order valence-corrected chi connectivity index (χ4v) is 2.66. The van der Waals surface area contributed by atoms with E-state index in [0.717, 1.165) is 12.3 Å². The van der Waals surface area contributed by atoms with Gasteiger partial charge < -0.3 is 4.74 Å². The summed E-state index contributed by atoms with van der Waals surface area (Å²) in [6.45, 7) is 0.397. The lowest BCUT2D eigenvalue weighted by Gasteiger charge is -2.10. The molecule has 1 heterocycles. The van der Waals surface area contributed by atoms with Crippen LogP contribution in [0.3, 0.4) is 0 Å². The zero-order chi connectivity index (χ0) is 14.7. The van der Waals surface area contributed by atoms with Crippen molar-refractivity contribution < 1.29 is 26.3 Å². The van der Waals surface area contributed by atoms with Crippen molar-refractivity contribution in [1.29, 1.82) is 0 Å². The van der Waals surface area contributed by atoms with Crippen LogP contribution >= 0.6 is 15.9 Å². The Hall–Kier alpha value is -0.870. The molecule has 0 unspecified atom stereocenters. The summed E-state index contributed by atoms with van der Waals surface area (Å²) >= 11 is 3.03. The second-order valence-electron chi connectivity index (χ2n) is 3.33. The molecule has 19 heavy (non-hydrogen) atoms. The third kappa shape index (κ3) is 4.96. The van der Waals surface area contributed by atoms with Crippen LogP contribution in [0.25, 0.3) is 0 Å². The zero-order valence-corrected chi connectivity index (χ0v) is 12.1. The van der Waals surface area contributed by atoms with Gasteiger partial charge in [0.1, 0.15) is 11.4 Å². The highest BCUT2D eigenvalue weighted by molar-refractivity contribution is 9.10. The number of rotatable bonds is 5. The highest BCUT2D eigenvalue weighted by Gasteiger charge is 2.30. The van der Waals surface area contributed by atoms with Gasteiger partial charge >= 0.3 is 6.18 Å². The number of hydrogen-bond donors (Lipinski definition) is 1. The predicted molar refractivity (Wildman–Crippen MR) is 64.3 cm³/mol. The highest BCUT2D eigenvalue weighted by Crippen LogP contribution is 2.25. The van der Waals surface area contributed by atoms with Crippen molar-refractivity contribution in [1.82, 2.24) is 9.71 Å². The molecule has 10 heteroatoms. The average Bonchev–Trinajstić information content (AvgIpc) is 2.29. The van der Waals surface area contributed by atoms with Gasteiger partial charge in [-0.15, -0.1) is 0 Å². The molecule has 1 aromatic heterocycles. The second-order valence-corrected chi connectivity index (χ2v) is 5.95. The van der Waals surface area contributed by atoms with Crippen LogP contribution in [0.5, 0.6) is 5.88 Å². The van der Waals surface area contributed by atoms with Crippen LogP contribution in [0.4, 0.5) is 13.2 Å². The molecule has 0 fully saturated rings. The Morgan fingerprint density at radius 3 is 2.58 bits per heavy atom. The van der Waals surface area contributed by atoms with E-state index in [9.17, 15) is 21.6 Å². The maximum Gasteiger partial charge on any atom is 0.402 e. The third-order valence-electron chi connectivity index (χ3n) is 1.84. The standard InChI is InChI=1S/C9H10BrF3N2O3S/c1-2-18-8-7(10)3-6(4-14-8)19(16,17)15-5-9(11,12)13/h3-4,15H,2,5H2,1H3. The van der Waals surface area contributed by atoms with E-state index < -0.39 is 22.7 Å². The number of aromatic nitrogens is 1. The Bertz CT molecular complexity index is 548. The number of halogens is 4. The minimum Gasteiger partial charge on any atom is -0.477 e. The number of ether oxygens (including phenoxy) is 1. The molecule has 0 aliphatic rings. The third-order valence-corrected chi connectivity index (χ3v) is 3.77. The molecule has 0 saturated heterocycles. The van der Waals surface area contributed by atoms with E-state index in [1.807, 2.05) is 0 Å². The number of alkyl halides is 3. The second kappa shape index (κ2) is 6.06. The van der Waals surface area contributed by atoms with Gasteiger partial charge in [-0.1, -0.05) is 0 Å². The average molecular weight is 363 g/mol. The van der Waals surface area contributed by atoms with E-state index >= 15 is 0 Å². The van der Waals surface area contributed by atoms with Crippen LogP contribution in [0.15, 0.2) is 21.6 Å². The Morgan fingerprint density at radius 2 is 2.11 bits per heavy atom. The molecule has 0 aromatic carbocycles. The Balaban J connectivity index is 2.93. The van der Waals surface area contributed by atoms with E-state index in [1.165, 1.54) is 4.72 Å². The first-order chi connectivity index (χ1) is 8.65. The van der Waals surface area contributed by atoms with Gasteiger partial charge in [0, 0.05) is 0 Å². The largest absolute Gasteiger partial charge is 0.477 e. The van der Waals surface area contributed by atoms with Crippen LogP contribution in [0, 0.1) is 0 Å². The molecule has 1 N–H and O–H groups in total. The minimum absolute atomic E-state index is 0.164. The molecule has 0 atom stereocenters. The van der Waals surface area contributed by atoms with E-state index in [1.54, 1.807) is 6.92 Å². The van der Waals surface area contributed by atoms with Crippen molar-refractivity contribution in [2.45, 2.75) is 18.0 Å². The Labute approximate surface area is 116 Å². The fourth-order valence-electron chi connectivity index (χ4n) is 1.06. The number of sulfonamides is 1. The van der Waals surface area contributed by atoms with Crippen molar-refractivity contribution in [3.63, 3.8) is 0 Å². The monoisotopic (exact) mass is 362 g/mol. The molecule has 5 nitrogen and oxygen atoms in total. The molecule has 0 radical (unpaired) electrons. The molecule has 0 saturated carbocycles. The van der Waals surface area contributed by atoms with Gasteiger partial charge in [0.2, 0.25) is 15.9 Å². The smallest absolute Gasteiger partial charge is 0.402 e. The molecule has 0 bridgehead atoms. The first kappa shape index (κ1) is 16.2. The predicted octanol–water partition coefficient (Wildman–Crippen LogP) is 2.08. The normalized spacial score (nSPS) is 12.5. The fraction of sp³-hybridized carbons (Fsp3) is 0.444. The lowest BCUT2D eigenvalue weighted by Crippen LogP contribution is -2.33. The van der Waals surface area contributed by atoms with E-state index in [-0.39, 0.29) is 15.2 Å². The zero-order valence-electron chi connectivity index (χ0n) is 9.66. The molecule has 1 rings (SSSR count). The first-order valence-electron chi connectivity index (χ1n) is 5.00. The maximum atomic E-state index is 12.0. The molecule has 0 amide bonds. The summed E-state index contributed by atoms with van der Waals surface area (Å²) in [4.78, 5) is 3.33. The van der Waals surface area contributed by atoms with Crippen LogP contribution in [-0.4, -0.2) is 32.7 Å². The van der Waals surface area contributed by atoms with Crippen molar-refractivity contribution in [2.24, 2.45) is 0 Å². The molecular formula is C9H10BrF3N2O3S. The van der Waals surface area contributed by atoms with Gasteiger partial charge in [0.15, 0.2) is 0 Å². The van der Waals surface area contributed by atoms with E-state index in [4.69, 9.17) is 4.74 Å². The van der Waals surface area contributed by atoms with E-state index in [0.29, 0.717) is 6.61 Å². The summed E-state index contributed by atoms with van der Waals surface area (Å²) in [6, 6.07) is 1.12. The summed E-state index contributed by atoms with van der Waals surface area (Å²) in [5, 5.41) is 0. The number of pyridine rings is 1. The molecular weight excluding hydrogens is 353 g/mol. The quantitative estimate of drug-likeness (QED) is 0.870. The molecule has 0 spiro atoms. The molecule has 108 valence electrons. The number of hydrogen-bond acceptors (Lipinski definition) is 4. The lowest BCUT2D eigenvalue weighted by atomic mass is 10.5. The summed E-state index contributed by atoms with van der Waals surface area (Å²) in [6.07, 6.45) is -3.70. The summed E-state index contributed by atoms with van der Waals surface area (Å²) in [5.41, 5.74) is 0. The topological polar surface area (TPSA) is 68.3 Å². The van der Waals surface area contributed by atoms with Crippen LogP contribution in [0.2, 0.25) is 0 Å². The van der Waals surface area contributed by atoms with Crippen molar-refractivity contribution in [3.8, 4) is 5.88 Å². The van der Waals surface area contributed by atoms with Gasteiger partial charge in [-0.3, -0.25) is 0 Å². The summed E-state index contributed by atoms with van der Waals surface area (Å²) in [7, 11) is -4.27. The lowest BCUT2D eigenvalue weighted by molar-refractivity contribution is -0.121. The van der Waals surface area contributed by atoms with Crippen molar-refractivity contribution in [3.05, 3.63) is 16.7 Å². The molecule has 0 aliphatic heterocycles. The van der Waals surface area contributed by atoms with Crippen molar-refractivity contribution >= 4 is 26.0 Å². The number of nitrogens with zero attached hydrogens (tertiary/aromatic N) is 1. The van der Waals surface area contributed by atoms with Crippen LogP contribution in [-0.2, 0) is 10.0 Å². The van der Waals surface area contributed by atoms with Gasteiger partial charge in [-0.25, -0.2) is 18.1 Å². The van der Waals surface area contributed by atoms with Gasteiger partial charge in [-0.2, -0.15) is 13.2 Å². The van der Waals surface area contributed by atoms with Gasteiger partial charge in [-0.05, 0) is 28.9 Å². The molecule has 1 aromatic rings. The van der Waals surface area contributed by atoms with Crippen LogP contribution < -0.4 is 9.46 Å². The Morgan fingerprint density at radius 1 is 1.47 bits per heavy atom.